The van der Waals surface area contributed by atoms with Gasteiger partial charge in [-0.15, -0.1) is 0 Å². The maximum absolute atomic E-state index is 12.5. The molecule has 0 aliphatic heterocycles. The molecule has 0 bridgehead atoms. The topological polar surface area (TPSA) is 31.2 Å². The fraction of sp³-hybridized carbons (Fsp3) is 0.227. The predicted molar refractivity (Wildman–Crippen MR) is 111 cm³/mol. The van der Waals surface area contributed by atoms with Gasteiger partial charge in [-0.05, 0) is 55.7 Å². The van der Waals surface area contributed by atoms with Crippen LogP contribution >= 0.6 is 15.9 Å². The van der Waals surface area contributed by atoms with E-state index < -0.39 is 0 Å². The maximum atomic E-state index is 12.5. The van der Waals surface area contributed by atoms with E-state index in [0.29, 0.717) is 18.8 Å². The standard InChI is InChI=1S/C22H22BrNO2/c1-4-7-19-15(3)8-6-9-17(19)14-24-20-13-18(23)11-10-16(20)12-21(24)22(25)26-5-2/h4,6-13H,5,14H2,1-3H3/b7-4-. The third-order valence-electron chi connectivity index (χ3n) is 4.43. The molecule has 0 radical (unpaired) electrons. The highest BCUT2D eigenvalue weighted by molar-refractivity contribution is 9.10. The summed E-state index contributed by atoms with van der Waals surface area (Å²) in [6.45, 7) is 6.91. The van der Waals surface area contributed by atoms with Gasteiger partial charge in [0.2, 0.25) is 0 Å². The molecule has 0 fully saturated rings. The molecule has 0 N–H and O–H groups in total. The van der Waals surface area contributed by atoms with Gasteiger partial charge in [-0.3, -0.25) is 0 Å². The summed E-state index contributed by atoms with van der Waals surface area (Å²) in [7, 11) is 0. The summed E-state index contributed by atoms with van der Waals surface area (Å²) in [6, 6.07) is 14.2. The fourth-order valence-corrected chi connectivity index (χ4v) is 3.58. The fourth-order valence-electron chi connectivity index (χ4n) is 3.23. The number of rotatable bonds is 5. The first-order valence-corrected chi connectivity index (χ1v) is 9.51. The molecule has 0 saturated heterocycles. The van der Waals surface area contributed by atoms with Crippen LogP contribution in [-0.2, 0) is 11.3 Å². The quantitative estimate of drug-likeness (QED) is 0.484. The van der Waals surface area contributed by atoms with Crippen LogP contribution in [0.5, 0.6) is 0 Å². The molecule has 0 aliphatic carbocycles. The summed E-state index contributed by atoms with van der Waals surface area (Å²) in [5, 5.41) is 1.02. The number of esters is 1. The Kier molecular flexibility index (Phi) is 5.62. The second-order valence-electron chi connectivity index (χ2n) is 6.19. The number of ether oxygens (including phenoxy) is 1. The smallest absolute Gasteiger partial charge is 0.354 e. The summed E-state index contributed by atoms with van der Waals surface area (Å²) in [4.78, 5) is 12.5. The summed E-state index contributed by atoms with van der Waals surface area (Å²) in [5.41, 5.74) is 5.17. The molecule has 26 heavy (non-hydrogen) atoms. The lowest BCUT2D eigenvalue weighted by atomic mass is 10.0. The number of carbonyl (C=O) groups excluding carboxylic acids is 1. The zero-order valence-electron chi connectivity index (χ0n) is 15.3. The molecular formula is C22H22BrNO2. The molecule has 3 rings (SSSR count). The van der Waals surface area contributed by atoms with E-state index in [2.05, 4.69) is 47.1 Å². The van der Waals surface area contributed by atoms with Gasteiger partial charge in [0.15, 0.2) is 0 Å². The molecule has 1 aromatic heterocycles. The number of benzene rings is 2. The maximum Gasteiger partial charge on any atom is 0.354 e. The van der Waals surface area contributed by atoms with Gasteiger partial charge in [0.25, 0.3) is 0 Å². The molecule has 4 heteroatoms. The Morgan fingerprint density at radius 1 is 1.23 bits per heavy atom. The van der Waals surface area contributed by atoms with Crippen LogP contribution < -0.4 is 0 Å². The molecule has 134 valence electrons. The number of hydrogen-bond acceptors (Lipinski definition) is 2. The van der Waals surface area contributed by atoms with Crippen LogP contribution in [0.3, 0.4) is 0 Å². The largest absolute Gasteiger partial charge is 0.461 e. The SMILES string of the molecule is C/C=C\c1c(C)cccc1Cn1c(C(=O)OCC)cc2ccc(Br)cc21. The molecule has 1 heterocycles. The van der Waals surface area contributed by atoms with Gasteiger partial charge >= 0.3 is 5.97 Å². The molecule has 2 aromatic carbocycles. The van der Waals surface area contributed by atoms with Crippen molar-refractivity contribution in [3.63, 3.8) is 0 Å². The lowest BCUT2D eigenvalue weighted by molar-refractivity contribution is 0.0515. The Labute approximate surface area is 162 Å². The Balaban J connectivity index is 2.18. The van der Waals surface area contributed by atoms with Gasteiger partial charge < -0.3 is 9.30 Å². The number of allylic oxidation sites excluding steroid dienone is 1. The van der Waals surface area contributed by atoms with Crippen LogP contribution in [-0.4, -0.2) is 17.1 Å². The van der Waals surface area contributed by atoms with Gasteiger partial charge in [0.1, 0.15) is 5.69 Å². The Bertz CT molecular complexity index is 985. The first-order chi connectivity index (χ1) is 12.5. The Morgan fingerprint density at radius 3 is 2.77 bits per heavy atom. The van der Waals surface area contributed by atoms with E-state index >= 15 is 0 Å². The molecular weight excluding hydrogens is 390 g/mol. The number of fused-ring (bicyclic) bond motifs is 1. The van der Waals surface area contributed by atoms with Crippen molar-refractivity contribution in [1.29, 1.82) is 0 Å². The molecule has 3 nitrogen and oxygen atoms in total. The zero-order valence-corrected chi connectivity index (χ0v) is 16.8. The van der Waals surface area contributed by atoms with Crippen LogP contribution in [0.15, 0.2) is 53.0 Å². The number of aryl methyl sites for hydroxylation is 1. The molecule has 0 amide bonds. The molecule has 0 unspecified atom stereocenters. The van der Waals surface area contributed by atoms with E-state index in [1.165, 1.54) is 16.7 Å². The molecule has 0 atom stereocenters. The summed E-state index contributed by atoms with van der Waals surface area (Å²) >= 11 is 3.54. The third kappa shape index (κ3) is 3.61. The zero-order chi connectivity index (χ0) is 18.7. The third-order valence-corrected chi connectivity index (χ3v) is 4.92. The van der Waals surface area contributed by atoms with Crippen LogP contribution in [0.4, 0.5) is 0 Å². The van der Waals surface area contributed by atoms with E-state index in [1.54, 1.807) is 0 Å². The van der Waals surface area contributed by atoms with Crippen LogP contribution in [0, 0.1) is 6.92 Å². The van der Waals surface area contributed by atoms with Crippen LogP contribution in [0.1, 0.15) is 41.0 Å². The van der Waals surface area contributed by atoms with Gasteiger partial charge in [0.05, 0.1) is 12.1 Å². The van der Waals surface area contributed by atoms with Crippen molar-refractivity contribution in [2.75, 3.05) is 6.61 Å². The van der Waals surface area contributed by atoms with Crippen molar-refractivity contribution < 1.29 is 9.53 Å². The van der Waals surface area contributed by atoms with Gasteiger partial charge in [-0.2, -0.15) is 0 Å². The molecule has 0 saturated carbocycles. The van der Waals surface area contributed by atoms with Crippen molar-refractivity contribution in [2.24, 2.45) is 0 Å². The van der Waals surface area contributed by atoms with E-state index in [9.17, 15) is 4.79 Å². The van der Waals surface area contributed by atoms with Crippen molar-refractivity contribution in [1.82, 2.24) is 4.57 Å². The molecule has 0 aliphatic rings. The first-order valence-electron chi connectivity index (χ1n) is 8.72. The van der Waals surface area contributed by atoms with Crippen LogP contribution in [0.2, 0.25) is 0 Å². The Hall–Kier alpha value is -2.33. The Morgan fingerprint density at radius 2 is 2.04 bits per heavy atom. The summed E-state index contributed by atoms with van der Waals surface area (Å²) in [6.07, 6.45) is 4.17. The minimum atomic E-state index is -0.292. The highest BCUT2D eigenvalue weighted by Crippen LogP contribution is 2.27. The number of aromatic nitrogens is 1. The van der Waals surface area contributed by atoms with Gasteiger partial charge in [0, 0.05) is 16.4 Å². The number of hydrogen-bond donors (Lipinski definition) is 0. The number of nitrogens with zero attached hydrogens (tertiary/aromatic N) is 1. The van der Waals surface area contributed by atoms with E-state index in [-0.39, 0.29) is 5.97 Å². The van der Waals surface area contributed by atoms with E-state index in [0.717, 1.165) is 15.4 Å². The van der Waals surface area contributed by atoms with E-state index in [1.807, 2.05) is 48.8 Å². The average Bonchev–Trinajstić information content (AvgIpc) is 2.96. The lowest BCUT2D eigenvalue weighted by Gasteiger charge is -2.14. The second-order valence-corrected chi connectivity index (χ2v) is 7.10. The van der Waals surface area contributed by atoms with Crippen LogP contribution in [0.25, 0.3) is 17.0 Å². The van der Waals surface area contributed by atoms with Crippen molar-refractivity contribution >= 4 is 38.9 Å². The summed E-state index contributed by atoms with van der Waals surface area (Å²) < 4.78 is 8.31. The highest BCUT2D eigenvalue weighted by atomic mass is 79.9. The second kappa shape index (κ2) is 7.92. The normalized spacial score (nSPS) is 11.4. The lowest BCUT2D eigenvalue weighted by Crippen LogP contribution is -2.13. The average molecular weight is 412 g/mol. The predicted octanol–water partition coefficient (Wildman–Crippen LogP) is 5.97. The van der Waals surface area contributed by atoms with Crippen molar-refractivity contribution in [2.45, 2.75) is 27.3 Å². The monoisotopic (exact) mass is 411 g/mol. The minimum Gasteiger partial charge on any atom is -0.461 e. The van der Waals surface area contributed by atoms with Crippen molar-refractivity contribution in [3.05, 3.63) is 75.4 Å². The van der Waals surface area contributed by atoms with Crippen molar-refractivity contribution in [3.8, 4) is 0 Å². The van der Waals surface area contributed by atoms with Gasteiger partial charge in [-0.1, -0.05) is 52.3 Å². The van der Waals surface area contributed by atoms with E-state index in [4.69, 9.17) is 4.74 Å². The summed E-state index contributed by atoms with van der Waals surface area (Å²) in [5.74, 6) is -0.292. The number of carbonyl (C=O) groups is 1. The molecule has 0 spiro atoms. The van der Waals surface area contributed by atoms with Gasteiger partial charge in [-0.25, -0.2) is 4.79 Å². The first kappa shape index (κ1) is 18.5. The molecule has 3 aromatic rings. The minimum absolute atomic E-state index is 0.292. The highest BCUT2D eigenvalue weighted by Gasteiger charge is 2.18. The number of halogens is 1.